The smallest absolute Gasteiger partial charge is 0.220 e. The minimum Gasteiger partial charge on any atom is -0.490 e. The number of ether oxygens (including phenoxy) is 2. The van der Waals surface area contributed by atoms with Gasteiger partial charge in [0.15, 0.2) is 0 Å². The number of para-hydroxylation sites is 1. The molecule has 0 spiro atoms. The number of halogens is 2. The summed E-state index contributed by atoms with van der Waals surface area (Å²) in [5.41, 5.74) is 4.23. The van der Waals surface area contributed by atoms with E-state index in [9.17, 15) is 25.2 Å². The van der Waals surface area contributed by atoms with Gasteiger partial charge in [0.25, 0.3) is 0 Å². The zero-order valence-corrected chi connectivity index (χ0v) is 27.5. The molecule has 0 unspecified atom stereocenters. The molecule has 2 aromatic carbocycles. The molecule has 10 nitrogen and oxygen atoms in total. The number of benzene rings is 2. The number of hydrogen-bond donors (Lipinski definition) is 6. The number of carbonyl (C=O) groups excluding carboxylic acids is 1. The van der Waals surface area contributed by atoms with Crippen molar-refractivity contribution in [3.05, 3.63) is 81.6 Å². The van der Waals surface area contributed by atoms with Crippen LogP contribution in [0.5, 0.6) is 5.75 Å². The van der Waals surface area contributed by atoms with Crippen LogP contribution in [0.3, 0.4) is 0 Å². The molecule has 12 heteroatoms. The molecule has 2 fully saturated rings. The Kier molecular flexibility index (Phi) is 12.1. The average molecular weight is 690 g/mol. The van der Waals surface area contributed by atoms with Crippen LogP contribution in [0, 0.1) is 0 Å². The van der Waals surface area contributed by atoms with E-state index in [4.69, 9.17) is 37.8 Å². The number of hydrogen-bond acceptors (Lipinski definition) is 9. The highest BCUT2D eigenvalue weighted by molar-refractivity contribution is 6.34. The molecule has 0 saturated heterocycles. The van der Waals surface area contributed by atoms with Gasteiger partial charge in [0.2, 0.25) is 5.91 Å². The SMILES string of the molecule is O=C(CCCCc1cc(Cl)c(COC2(c3cnccc3-c3ccccc3OC3CC3)CC2)cc1Cl)N[C@@H](CO)[C@@H](O)[C@H](O)[C@H](O)CO. The normalized spacial score (nSPS) is 17.9. The molecule has 5 rings (SSSR count). The van der Waals surface area contributed by atoms with E-state index in [0.29, 0.717) is 29.3 Å². The third kappa shape index (κ3) is 9.01. The van der Waals surface area contributed by atoms with Crippen molar-refractivity contribution >= 4 is 29.1 Å². The molecule has 0 bridgehead atoms. The summed E-state index contributed by atoms with van der Waals surface area (Å²) in [6.45, 7) is -1.15. The molecular weight excluding hydrogens is 647 g/mol. The molecule has 1 amide bonds. The fourth-order valence-corrected chi connectivity index (χ4v) is 6.12. The van der Waals surface area contributed by atoms with Gasteiger partial charge in [-0.2, -0.15) is 0 Å². The summed E-state index contributed by atoms with van der Waals surface area (Å²) in [5.74, 6) is 0.433. The molecule has 2 aliphatic carbocycles. The van der Waals surface area contributed by atoms with Gasteiger partial charge in [-0.25, -0.2) is 0 Å². The number of carbonyl (C=O) groups is 1. The van der Waals surface area contributed by atoms with Crippen molar-refractivity contribution < 1.29 is 39.8 Å². The molecule has 1 heterocycles. The Hall–Kier alpha value is -2.80. The first-order valence-corrected chi connectivity index (χ1v) is 16.8. The lowest BCUT2D eigenvalue weighted by Crippen LogP contribution is -2.54. The summed E-state index contributed by atoms with van der Waals surface area (Å²) < 4.78 is 12.8. The highest BCUT2D eigenvalue weighted by Gasteiger charge is 2.48. The fourth-order valence-electron chi connectivity index (χ4n) is 5.59. The van der Waals surface area contributed by atoms with Crippen LogP contribution in [0.25, 0.3) is 11.1 Å². The van der Waals surface area contributed by atoms with Crippen LogP contribution in [0.15, 0.2) is 54.9 Å². The standard InChI is InChI=1S/C35H42Cl2N2O8/c36-27-16-22(28(37)15-21(27)5-1-4-8-32(43)39-29(18-40)33(44)34(45)30(42)19-41)20-46-35(12-13-35)26-17-38-14-11-24(26)25-6-2-3-7-31(25)47-23-9-10-23/h2-3,6-7,11,14-17,23,29-30,33-34,40-42,44-45H,1,4-5,8-10,12-13,18-20H2,(H,39,43)/t29-,30+,33+,34+/m0/s1. The van der Waals surface area contributed by atoms with Crippen molar-refractivity contribution in [3.8, 4) is 16.9 Å². The topological polar surface area (TPSA) is 162 Å². The van der Waals surface area contributed by atoms with Crippen LogP contribution < -0.4 is 10.1 Å². The van der Waals surface area contributed by atoms with Gasteiger partial charge in [-0.1, -0.05) is 41.4 Å². The molecule has 47 heavy (non-hydrogen) atoms. The van der Waals surface area contributed by atoms with E-state index in [0.717, 1.165) is 59.3 Å². The minimum atomic E-state index is -1.73. The van der Waals surface area contributed by atoms with E-state index in [-0.39, 0.29) is 19.1 Å². The average Bonchev–Trinajstić information content (AvgIpc) is 4.03. The molecule has 6 N–H and O–H groups in total. The van der Waals surface area contributed by atoms with Crippen molar-refractivity contribution in [2.24, 2.45) is 0 Å². The Labute approximate surface area is 284 Å². The van der Waals surface area contributed by atoms with Gasteiger partial charge < -0.3 is 40.3 Å². The minimum absolute atomic E-state index is 0.106. The first-order valence-electron chi connectivity index (χ1n) is 16.0. The Bertz CT molecular complexity index is 1520. The van der Waals surface area contributed by atoms with Crippen molar-refractivity contribution in [1.82, 2.24) is 10.3 Å². The predicted octanol–water partition coefficient (Wildman–Crippen LogP) is 4.07. The second kappa shape index (κ2) is 16.1. The molecule has 4 atom stereocenters. The number of aromatic nitrogens is 1. The Morgan fingerprint density at radius 3 is 2.38 bits per heavy atom. The zero-order chi connectivity index (χ0) is 33.6. The third-order valence-corrected chi connectivity index (χ3v) is 9.42. The number of pyridine rings is 1. The highest BCUT2D eigenvalue weighted by atomic mass is 35.5. The van der Waals surface area contributed by atoms with E-state index >= 15 is 0 Å². The van der Waals surface area contributed by atoms with Crippen molar-refractivity contribution in [3.63, 3.8) is 0 Å². The molecule has 2 saturated carbocycles. The van der Waals surface area contributed by atoms with Gasteiger partial charge in [0.1, 0.15) is 24.1 Å². The van der Waals surface area contributed by atoms with E-state index in [1.807, 2.05) is 42.6 Å². The van der Waals surface area contributed by atoms with Crippen LogP contribution in [-0.4, -0.2) is 80.1 Å². The molecule has 254 valence electrons. The first kappa shape index (κ1) is 35.5. The fraction of sp³-hybridized carbons (Fsp3) is 0.486. The second-order valence-corrected chi connectivity index (χ2v) is 13.2. The summed E-state index contributed by atoms with van der Waals surface area (Å²) in [6.07, 6.45) is 4.63. The molecule has 0 radical (unpaired) electrons. The summed E-state index contributed by atoms with van der Waals surface area (Å²) >= 11 is 13.3. The van der Waals surface area contributed by atoms with E-state index in [1.165, 1.54) is 0 Å². The van der Waals surface area contributed by atoms with E-state index in [1.54, 1.807) is 6.20 Å². The lowest BCUT2D eigenvalue weighted by atomic mass is 9.96. The first-order chi connectivity index (χ1) is 22.7. The summed E-state index contributed by atoms with van der Waals surface area (Å²) in [6, 6.07) is 12.5. The number of aliphatic hydroxyl groups excluding tert-OH is 5. The maximum absolute atomic E-state index is 12.4. The van der Waals surface area contributed by atoms with E-state index < -0.39 is 49.1 Å². The highest BCUT2D eigenvalue weighted by Crippen LogP contribution is 2.53. The van der Waals surface area contributed by atoms with Gasteiger partial charge in [-0.15, -0.1) is 0 Å². The molecule has 1 aromatic heterocycles. The number of amides is 1. The van der Waals surface area contributed by atoms with Crippen LogP contribution in [0.2, 0.25) is 10.0 Å². The summed E-state index contributed by atoms with van der Waals surface area (Å²) in [7, 11) is 0. The Morgan fingerprint density at radius 1 is 0.957 bits per heavy atom. The summed E-state index contributed by atoms with van der Waals surface area (Å²) in [5, 5.41) is 51.5. The van der Waals surface area contributed by atoms with E-state index in [2.05, 4.69) is 16.4 Å². The number of nitrogens with one attached hydrogen (secondary N) is 1. The molecular formula is C35H42Cl2N2O8. The monoisotopic (exact) mass is 688 g/mol. The number of unbranched alkanes of at least 4 members (excludes halogenated alkanes) is 1. The maximum atomic E-state index is 12.4. The maximum Gasteiger partial charge on any atom is 0.220 e. The van der Waals surface area contributed by atoms with Gasteiger partial charge in [-0.3, -0.25) is 9.78 Å². The largest absolute Gasteiger partial charge is 0.490 e. The number of rotatable bonds is 18. The lowest BCUT2D eigenvalue weighted by Gasteiger charge is -2.28. The Balaban J connectivity index is 1.15. The van der Waals surface area contributed by atoms with Crippen molar-refractivity contribution in [2.45, 2.75) is 94.0 Å². The third-order valence-electron chi connectivity index (χ3n) is 8.72. The quantitative estimate of drug-likeness (QED) is 0.108. The van der Waals surface area contributed by atoms with Crippen molar-refractivity contribution in [2.75, 3.05) is 13.2 Å². The zero-order valence-electron chi connectivity index (χ0n) is 26.0. The predicted molar refractivity (Wildman–Crippen MR) is 177 cm³/mol. The van der Waals surface area contributed by atoms with Gasteiger partial charge in [0.05, 0.1) is 37.6 Å². The van der Waals surface area contributed by atoms with Crippen LogP contribution in [0.4, 0.5) is 0 Å². The van der Waals surface area contributed by atoms with Crippen LogP contribution in [-0.2, 0) is 28.2 Å². The Morgan fingerprint density at radius 2 is 1.68 bits per heavy atom. The number of aryl methyl sites for hydroxylation is 1. The second-order valence-electron chi connectivity index (χ2n) is 12.3. The van der Waals surface area contributed by atoms with Crippen molar-refractivity contribution in [1.29, 1.82) is 0 Å². The molecule has 0 aliphatic heterocycles. The van der Waals surface area contributed by atoms with Crippen LogP contribution >= 0.6 is 23.2 Å². The van der Waals surface area contributed by atoms with Gasteiger partial charge >= 0.3 is 0 Å². The number of nitrogens with zero attached hydrogens (tertiary/aromatic N) is 1. The summed E-state index contributed by atoms with van der Waals surface area (Å²) in [4.78, 5) is 16.8. The number of aliphatic hydroxyl groups is 5. The molecule has 2 aliphatic rings. The van der Waals surface area contributed by atoms with Gasteiger partial charge in [0, 0.05) is 40.0 Å². The molecule has 3 aromatic rings. The van der Waals surface area contributed by atoms with Gasteiger partial charge in [-0.05, 0) is 85.9 Å². The van der Waals surface area contributed by atoms with Crippen LogP contribution in [0.1, 0.15) is 61.6 Å². The lowest BCUT2D eigenvalue weighted by molar-refractivity contribution is -0.126.